The number of rotatable bonds is 7. The van der Waals surface area contributed by atoms with E-state index in [0.29, 0.717) is 23.3 Å². The second-order valence-electron chi connectivity index (χ2n) is 10.8. The van der Waals surface area contributed by atoms with Crippen LogP contribution in [-0.2, 0) is 10.9 Å². The maximum Gasteiger partial charge on any atom is 0.434 e. The number of imidazole rings is 1. The van der Waals surface area contributed by atoms with E-state index in [1.807, 2.05) is 13.8 Å². The zero-order valence-electron chi connectivity index (χ0n) is 22.0. The zero-order valence-corrected chi connectivity index (χ0v) is 22.7. The molecule has 1 aromatic carbocycles. The first-order valence-corrected chi connectivity index (χ1v) is 12.2. The Labute approximate surface area is 219 Å². The fourth-order valence-electron chi connectivity index (χ4n) is 4.11. The number of carbonyl (C=O) groups excluding carboxylic acids is 1. The molecule has 2 aromatic heterocycles. The van der Waals surface area contributed by atoms with Crippen molar-refractivity contribution >= 4 is 23.3 Å². The Balaban J connectivity index is 1.86. The first-order chi connectivity index (χ1) is 17.0. The minimum atomic E-state index is -4.61. The Bertz CT molecular complexity index is 1280. The summed E-state index contributed by atoms with van der Waals surface area (Å²) >= 11 is 6.08. The lowest BCUT2D eigenvalue weighted by molar-refractivity contribution is -0.140. The number of alkyl carbamates (subject to hydrolysis) is 1. The van der Waals surface area contributed by atoms with Gasteiger partial charge in [0.05, 0.1) is 11.7 Å². The molecule has 1 unspecified atom stereocenters. The summed E-state index contributed by atoms with van der Waals surface area (Å²) in [6, 6.07) is 6.71. The van der Waals surface area contributed by atoms with Crippen molar-refractivity contribution in [1.29, 1.82) is 0 Å². The smallest absolute Gasteiger partial charge is 0.434 e. The van der Waals surface area contributed by atoms with Crippen LogP contribution in [0, 0.1) is 12.8 Å². The number of hydrogen-bond donors (Lipinski definition) is 1. The van der Waals surface area contributed by atoms with Crippen molar-refractivity contribution in [2.75, 3.05) is 6.61 Å². The summed E-state index contributed by atoms with van der Waals surface area (Å²) in [6.45, 7) is 13.4. The van der Waals surface area contributed by atoms with Crippen molar-refractivity contribution < 1.29 is 27.4 Å². The molecule has 0 radical (unpaired) electrons. The lowest BCUT2D eigenvalue weighted by Gasteiger charge is -2.33. The third-order valence-electron chi connectivity index (χ3n) is 5.38. The van der Waals surface area contributed by atoms with Crippen molar-refractivity contribution in [1.82, 2.24) is 19.9 Å². The average Bonchev–Trinajstić information content (AvgIpc) is 3.14. The Morgan fingerprint density at radius 3 is 2.41 bits per heavy atom. The lowest BCUT2D eigenvalue weighted by Crippen LogP contribution is -2.52. The van der Waals surface area contributed by atoms with Crippen LogP contribution >= 0.6 is 11.6 Å². The number of halogens is 4. The quantitative estimate of drug-likeness (QED) is 0.346. The third kappa shape index (κ3) is 7.50. The molecular formula is C26H32ClF3N4O3. The second kappa shape index (κ2) is 10.4. The highest BCUT2D eigenvalue weighted by atomic mass is 35.5. The Morgan fingerprint density at radius 2 is 1.84 bits per heavy atom. The summed E-state index contributed by atoms with van der Waals surface area (Å²) in [5.41, 5.74) is -0.589. The molecule has 11 heteroatoms. The highest BCUT2D eigenvalue weighted by Gasteiger charge is 2.35. The van der Waals surface area contributed by atoms with Gasteiger partial charge >= 0.3 is 12.3 Å². The van der Waals surface area contributed by atoms with Crippen LogP contribution in [-0.4, -0.2) is 38.4 Å². The van der Waals surface area contributed by atoms with Crippen LogP contribution in [0.3, 0.4) is 0 Å². The Hall–Kier alpha value is -3.01. The predicted molar refractivity (Wildman–Crippen MR) is 136 cm³/mol. The first kappa shape index (κ1) is 28.6. The van der Waals surface area contributed by atoms with E-state index in [0.717, 1.165) is 16.3 Å². The topological polar surface area (TPSA) is 77.8 Å². The summed E-state index contributed by atoms with van der Waals surface area (Å²) in [5.74, 6) is 0.849. The molecule has 0 spiro atoms. The van der Waals surface area contributed by atoms with Crippen LogP contribution in [0.2, 0.25) is 5.15 Å². The molecule has 3 aromatic rings. The summed E-state index contributed by atoms with van der Waals surface area (Å²) in [6.07, 6.45) is -3.68. The molecule has 1 atom stereocenters. The van der Waals surface area contributed by atoms with Gasteiger partial charge in [0, 0.05) is 5.56 Å². The van der Waals surface area contributed by atoms with Crippen LogP contribution in [0.4, 0.5) is 18.0 Å². The Kier molecular flexibility index (Phi) is 8.02. The monoisotopic (exact) mass is 540 g/mol. The molecule has 202 valence electrons. The predicted octanol–water partition coefficient (Wildman–Crippen LogP) is 7.09. The van der Waals surface area contributed by atoms with Gasteiger partial charge in [-0.3, -0.25) is 0 Å². The first-order valence-electron chi connectivity index (χ1n) is 11.8. The molecule has 3 rings (SSSR count). The van der Waals surface area contributed by atoms with E-state index in [1.165, 1.54) is 6.07 Å². The molecule has 0 fully saturated rings. The van der Waals surface area contributed by atoms with Gasteiger partial charge in [0.1, 0.15) is 18.0 Å². The van der Waals surface area contributed by atoms with Gasteiger partial charge < -0.3 is 14.8 Å². The van der Waals surface area contributed by atoms with E-state index in [2.05, 4.69) is 29.2 Å². The van der Waals surface area contributed by atoms with Crippen molar-refractivity contribution in [3.8, 4) is 16.9 Å². The van der Waals surface area contributed by atoms with Crippen molar-refractivity contribution in [2.24, 2.45) is 5.92 Å². The Morgan fingerprint density at radius 1 is 1.16 bits per heavy atom. The minimum Gasteiger partial charge on any atom is -0.491 e. The number of aromatic nitrogens is 3. The van der Waals surface area contributed by atoms with E-state index in [4.69, 9.17) is 21.1 Å². The number of nitrogens with zero attached hydrogens (tertiary/aromatic N) is 3. The van der Waals surface area contributed by atoms with E-state index in [-0.39, 0.29) is 23.3 Å². The lowest BCUT2D eigenvalue weighted by atomic mass is 9.91. The molecule has 7 nitrogen and oxygen atoms in total. The zero-order chi connectivity index (χ0) is 27.8. The summed E-state index contributed by atoms with van der Waals surface area (Å²) in [4.78, 5) is 16.2. The maximum absolute atomic E-state index is 13.2. The van der Waals surface area contributed by atoms with E-state index in [1.54, 1.807) is 39.0 Å². The maximum atomic E-state index is 13.2. The normalized spacial score (nSPS) is 14.1. The van der Waals surface area contributed by atoms with Crippen LogP contribution in [0.25, 0.3) is 16.8 Å². The molecule has 0 bridgehead atoms. The van der Waals surface area contributed by atoms with Crippen LogP contribution in [0.1, 0.15) is 59.2 Å². The molecule has 0 aliphatic heterocycles. The number of benzene rings is 1. The van der Waals surface area contributed by atoms with Gasteiger partial charge in [-0.1, -0.05) is 31.5 Å². The number of carbonyl (C=O) groups is 1. The summed E-state index contributed by atoms with van der Waals surface area (Å²) in [5, 5.41) is 6.88. The highest BCUT2D eigenvalue weighted by molar-refractivity contribution is 6.29. The molecule has 1 N–H and O–H groups in total. The molecule has 0 saturated carbocycles. The standard InChI is InChI=1S/C26H32ClF3N4O3/c1-15(2)12-25(7,32-23(35)37-24(4,5)6)14-36-19-9-8-17(10-16(19)3)18-11-21(27)33-34-13-20(26(28,29)30)31-22(18)34/h8-11,13,15H,12,14H2,1-7H3,(H,32,35). The van der Waals surface area contributed by atoms with Gasteiger partial charge in [-0.2, -0.15) is 18.3 Å². The van der Waals surface area contributed by atoms with Crippen molar-refractivity contribution in [3.05, 3.63) is 46.9 Å². The van der Waals surface area contributed by atoms with Crippen LogP contribution in [0.5, 0.6) is 5.75 Å². The number of fused-ring (bicyclic) bond motifs is 1. The van der Waals surface area contributed by atoms with Crippen LogP contribution in [0.15, 0.2) is 30.5 Å². The van der Waals surface area contributed by atoms with Gasteiger partial charge in [0.25, 0.3) is 0 Å². The van der Waals surface area contributed by atoms with Gasteiger partial charge in [0.2, 0.25) is 0 Å². The number of nitrogens with one attached hydrogen (secondary N) is 1. The fraction of sp³-hybridized carbons (Fsp3) is 0.500. The number of aryl methyl sites for hydroxylation is 1. The minimum absolute atomic E-state index is 0.0317. The van der Waals surface area contributed by atoms with Crippen LogP contribution < -0.4 is 10.1 Å². The molecule has 2 heterocycles. The average molecular weight is 541 g/mol. The van der Waals surface area contributed by atoms with E-state index < -0.39 is 29.1 Å². The molecule has 0 saturated heterocycles. The third-order valence-corrected chi connectivity index (χ3v) is 5.56. The van der Waals surface area contributed by atoms with Gasteiger partial charge in [-0.25, -0.2) is 14.3 Å². The molecule has 0 aliphatic rings. The SMILES string of the molecule is Cc1cc(-c2cc(Cl)nn3cc(C(F)(F)F)nc23)ccc1OCC(C)(CC(C)C)NC(=O)OC(C)(C)C. The number of ether oxygens (including phenoxy) is 2. The van der Waals surface area contributed by atoms with Gasteiger partial charge in [-0.05, 0) is 76.3 Å². The number of amides is 1. The number of alkyl halides is 3. The fourth-order valence-corrected chi connectivity index (χ4v) is 4.30. The highest BCUT2D eigenvalue weighted by Crippen LogP contribution is 2.34. The molecule has 0 aliphatic carbocycles. The van der Waals surface area contributed by atoms with E-state index in [9.17, 15) is 18.0 Å². The van der Waals surface area contributed by atoms with Gasteiger partial charge in [0.15, 0.2) is 16.5 Å². The molecule has 1 amide bonds. The second-order valence-corrected chi connectivity index (χ2v) is 11.2. The van der Waals surface area contributed by atoms with E-state index >= 15 is 0 Å². The number of hydrogen-bond acceptors (Lipinski definition) is 5. The van der Waals surface area contributed by atoms with Crippen molar-refractivity contribution in [2.45, 2.75) is 72.2 Å². The summed E-state index contributed by atoms with van der Waals surface area (Å²) < 4.78 is 52.2. The van der Waals surface area contributed by atoms with Crippen molar-refractivity contribution in [3.63, 3.8) is 0 Å². The molecular weight excluding hydrogens is 509 g/mol. The largest absolute Gasteiger partial charge is 0.491 e. The summed E-state index contributed by atoms with van der Waals surface area (Å²) in [7, 11) is 0. The molecule has 37 heavy (non-hydrogen) atoms. The van der Waals surface area contributed by atoms with Gasteiger partial charge in [-0.15, -0.1) is 0 Å².